The Morgan fingerprint density at radius 2 is 2.11 bits per heavy atom. The first kappa shape index (κ1) is 15.8. The Balaban J connectivity index is 3.00. The average Bonchev–Trinajstić information content (AvgIpc) is 2.33. The van der Waals surface area contributed by atoms with Crippen molar-refractivity contribution < 1.29 is 13.3 Å². The van der Waals surface area contributed by atoms with Gasteiger partial charge in [-0.2, -0.15) is 11.8 Å². The molecule has 0 fully saturated rings. The number of benzene rings is 1. The first-order valence-corrected chi connectivity index (χ1v) is 8.86. The van der Waals surface area contributed by atoms with Gasteiger partial charge in [-0.25, -0.2) is 8.42 Å². The Labute approximate surface area is 116 Å². The molecule has 1 aromatic rings. The molecule has 1 aromatic carbocycles. The molecule has 106 valence electrons. The van der Waals surface area contributed by atoms with Crippen LogP contribution in [0.3, 0.4) is 0 Å². The van der Waals surface area contributed by atoms with Crippen LogP contribution in [0.5, 0.6) is 0 Å². The Morgan fingerprint density at radius 3 is 2.63 bits per heavy atom. The normalized spacial score (nSPS) is 11.3. The van der Waals surface area contributed by atoms with Crippen molar-refractivity contribution in [1.29, 1.82) is 0 Å². The number of hydrogen-bond donors (Lipinski definition) is 1. The van der Waals surface area contributed by atoms with Gasteiger partial charge < -0.3 is 5.32 Å². The van der Waals surface area contributed by atoms with Crippen LogP contribution in [0, 0.1) is 10.1 Å². The molecule has 0 aliphatic heterocycles. The maximum absolute atomic E-state index is 11.7. The topological polar surface area (TPSA) is 89.3 Å². The molecule has 0 aromatic heterocycles. The number of thioether (sulfide) groups is 1. The molecule has 0 aliphatic carbocycles. The summed E-state index contributed by atoms with van der Waals surface area (Å²) in [5.41, 5.74) is 0.185. The van der Waals surface area contributed by atoms with Crippen molar-refractivity contribution in [2.45, 2.75) is 11.3 Å². The fraction of sp³-hybridized carbons (Fsp3) is 0.455. The maximum atomic E-state index is 11.7. The lowest BCUT2D eigenvalue weighted by Gasteiger charge is -2.10. The van der Waals surface area contributed by atoms with E-state index < -0.39 is 14.8 Å². The van der Waals surface area contributed by atoms with Crippen LogP contribution in [0.4, 0.5) is 11.4 Å². The summed E-state index contributed by atoms with van der Waals surface area (Å²) in [4.78, 5) is 10.0. The summed E-state index contributed by atoms with van der Waals surface area (Å²) in [5, 5.41) is 13.7. The van der Waals surface area contributed by atoms with Gasteiger partial charge in [-0.3, -0.25) is 10.1 Å². The summed E-state index contributed by atoms with van der Waals surface area (Å²) >= 11 is 1.71. The van der Waals surface area contributed by atoms with Crippen LogP contribution in [0.1, 0.15) is 6.42 Å². The predicted molar refractivity (Wildman–Crippen MR) is 77.7 cm³/mol. The second-order valence-corrected chi connectivity index (χ2v) is 6.95. The molecule has 0 saturated carbocycles. The van der Waals surface area contributed by atoms with E-state index in [4.69, 9.17) is 0 Å². The number of nitro groups is 1. The van der Waals surface area contributed by atoms with E-state index in [0.717, 1.165) is 24.5 Å². The van der Waals surface area contributed by atoms with Gasteiger partial charge >= 0.3 is 0 Å². The monoisotopic (exact) mass is 304 g/mol. The minimum Gasteiger partial charge on any atom is -0.384 e. The van der Waals surface area contributed by atoms with Crippen molar-refractivity contribution in [3.63, 3.8) is 0 Å². The molecule has 8 heteroatoms. The van der Waals surface area contributed by atoms with Crippen LogP contribution in [0.2, 0.25) is 0 Å². The van der Waals surface area contributed by atoms with E-state index in [1.807, 2.05) is 6.26 Å². The fourth-order valence-electron chi connectivity index (χ4n) is 1.52. The van der Waals surface area contributed by atoms with Crippen molar-refractivity contribution in [2.24, 2.45) is 0 Å². The van der Waals surface area contributed by atoms with E-state index in [2.05, 4.69) is 5.32 Å². The molecular formula is C11H16N2O4S2. The van der Waals surface area contributed by atoms with Crippen LogP contribution in [-0.4, -0.2) is 38.2 Å². The number of rotatable bonds is 7. The first-order chi connectivity index (χ1) is 8.86. The van der Waals surface area contributed by atoms with Crippen LogP contribution < -0.4 is 5.32 Å². The number of nitrogens with zero attached hydrogens (tertiary/aromatic N) is 1. The third-order valence-corrected chi connectivity index (χ3v) is 4.25. The Bertz CT molecular complexity index is 558. The standard InChI is InChI=1S/C11H16N2O4S2/c1-18-7-3-6-12-10-5-4-9(13(14)15)8-11(10)19(2,16)17/h4-5,8,12H,3,6-7H2,1-2H3. The van der Waals surface area contributed by atoms with E-state index in [0.29, 0.717) is 12.2 Å². The summed E-state index contributed by atoms with van der Waals surface area (Å²) in [6.45, 7) is 0.626. The molecular weight excluding hydrogens is 288 g/mol. The van der Waals surface area contributed by atoms with Gasteiger partial charge in [-0.05, 0) is 24.5 Å². The zero-order valence-electron chi connectivity index (χ0n) is 10.8. The number of sulfone groups is 1. The van der Waals surface area contributed by atoms with Crippen molar-refractivity contribution in [3.8, 4) is 0 Å². The number of hydrogen-bond acceptors (Lipinski definition) is 6. The second kappa shape index (κ2) is 6.76. The van der Waals surface area contributed by atoms with Crippen LogP contribution in [0.15, 0.2) is 23.1 Å². The Hall–Kier alpha value is -1.28. The van der Waals surface area contributed by atoms with E-state index >= 15 is 0 Å². The number of non-ortho nitro benzene ring substituents is 1. The first-order valence-electron chi connectivity index (χ1n) is 5.57. The number of anilines is 1. The maximum Gasteiger partial charge on any atom is 0.270 e. The van der Waals surface area contributed by atoms with E-state index in [9.17, 15) is 18.5 Å². The van der Waals surface area contributed by atoms with Gasteiger partial charge in [0.15, 0.2) is 9.84 Å². The minimum atomic E-state index is -3.50. The van der Waals surface area contributed by atoms with Crippen molar-refractivity contribution in [2.75, 3.05) is 30.1 Å². The molecule has 0 radical (unpaired) electrons. The Morgan fingerprint density at radius 1 is 1.42 bits per heavy atom. The summed E-state index contributed by atoms with van der Waals surface area (Å²) in [5.74, 6) is 0.966. The van der Waals surface area contributed by atoms with Crippen LogP contribution in [0.25, 0.3) is 0 Å². The Kier molecular flexibility index (Phi) is 5.61. The predicted octanol–water partition coefficient (Wildman–Crippen LogP) is 2.16. The lowest BCUT2D eigenvalue weighted by molar-refractivity contribution is -0.385. The highest BCUT2D eigenvalue weighted by Gasteiger charge is 2.18. The highest BCUT2D eigenvalue weighted by molar-refractivity contribution is 7.98. The molecule has 1 rings (SSSR count). The molecule has 6 nitrogen and oxygen atoms in total. The summed E-state index contributed by atoms with van der Waals surface area (Å²) < 4.78 is 23.3. The van der Waals surface area contributed by atoms with Crippen molar-refractivity contribution >= 4 is 33.0 Å². The van der Waals surface area contributed by atoms with Gasteiger partial charge in [0.2, 0.25) is 0 Å². The smallest absolute Gasteiger partial charge is 0.270 e. The highest BCUT2D eigenvalue weighted by atomic mass is 32.2. The lowest BCUT2D eigenvalue weighted by atomic mass is 10.3. The molecule has 1 N–H and O–H groups in total. The quantitative estimate of drug-likeness (QED) is 0.472. The lowest BCUT2D eigenvalue weighted by Crippen LogP contribution is -2.08. The number of nitrogens with one attached hydrogen (secondary N) is 1. The molecule has 0 saturated heterocycles. The van der Waals surface area contributed by atoms with Crippen molar-refractivity contribution in [3.05, 3.63) is 28.3 Å². The van der Waals surface area contributed by atoms with Gasteiger partial charge in [0.1, 0.15) is 0 Å². The largest absolute Gasteiger partial charge is 0.384 e. The third-order valence-electron chi connectivity index (χ3n) is 2.42. The van der Waals surface area contributed by atoms with E-state index in [1.54, 1.807) is 11.8 Å². The molecule has 0 amide bonds. The SMILES string of the molecule is CSCCCNc1ccc([N+](=O)[O-])cc1S(C)(=O)=O. The van der Waals surface area contributed by atoms with Gasteiger partial charge in [0, 0.05) is 24.9 Å². The van der Waals surface area contributed by atoms with E-state index in [-0.39, 0.29) is 10.6 Å². The zero-order chi connectivity index (χ0) is 14.5. The van der Waals surface area contributed by atoms with Gasteiger partial charge in [-0.15, -0.1) is 0 Å². The van der Waals surface area contributed by atoms with Gasteiger partial charge in [-0.1, -0.05) is 0 Å². The summed E-state index contributed by atoms with van der Waals surface area (Å²) in [6.07, 6.45) is 3.92. The van der Waals surface area contributed by atoms with Crippen LogP contribution >= 0.6 is 11.8 Å². The molecule has 19 heavy (non-hydrogen) atoms. The van der Waals surface area contributed by atoms with E-state index in [1.165, 1.54) is 12.1 Å². The minimum absolute atomic E-state index is 0.0362. The van der Waals surface area contributed by atoms with Crippen LogP contribution in [-0.2, 0) is 9.84 Å². The molecule has 0 heterocycles. The average molecular weight is 304 g/mol. The molecule has 0 atom stereocenters. The second-order valence-electron chi connectivity index (χ2n) is 3.98. The van der Waals surface area contributed by atoms with Gasteiger partial charge in [0.05, 0.1) is 15.5 Å². The number of nitro benzene ring substituents is 1. The zero-order valence-corrected chi connectivity index (χ0v) is 12.4. The summed E-state index contributed by atoms with van der Waals surface area (Å²) in [6, 6.07) is 3.82. The molecule has 0 unspecified atom stereocenters. The molecule has 0 spiro atoms. The highest BCUT2D eigenvalue weighted by Crippen LogP contribution is 2.26. The summed E-state index contributed by atoms with van der Waals surface area (Å²) in [7, 11) is -3.50. The van der Waals surface area contributed by atoms with Gasteiger partial charge in [0.25, 0.3) is 5.69 Å². The molecule has 0 bridgehead atoms. The fourth-order valence-corrected chi connectivity index (χ4v) is 2.82. The van der Waals surface area contributed by atoms with Crippen molar-refractivity contribution in [1.82, 2.24) is 0 Å². The third kappa shape index (κ3) is 4.71. The molecule has 0 aliphatic rings.